The Labute approximate surface area is 145 Å². The molecule has 0 radical (unpaired) electrons. The Kier molecular flexibility index (Phi) is 3.76. The van der Waals surface area contributed by atoms with Crippen LogP contribution < -0.4 is 5.32 Å². The zero-order chi connectivity index (χ0) is 17.4. The summed E-state index contributed by atoms with van der Waals surface area (Å²) in [6, 6.07) is 14.7. The molecule has 1 heterocycles. The summed E-state index contributed by atoms with van der Waals surface area (Å²) in [4.78, 5) is 12.8. The summed E-state index contributed by atoms with van der Waals surface area (Å²) in [6.45, 7) is 2.04. The van der Waals surface area contributed by atoms with Gasteiger partial charge in [-0.2, -0.15) is 5.10 Å². The van der Waals surface area contributed by atoms with Gasteiger partial charge in [0.2, 0.25) is 0 Å². The lowest BCUT2D eigenvalue weighted by atomic mass is 10.1. The van der Waals surface area contributed by atoms with Crippen molar-refractivity contribution in [3.8, 4) is 11.4 Å². The van der Waals surface area contributed by atoms with Crippen molar-refractivity contribution in [2.75, 3.05) is 5.32 Å². The largest absolute Gasteiger partial charge is 0.506 e. The molecule has 0 atom stereocenters. The zero-order valence-electron chi connectivity index (χ0n) is 13.9. The number of nitrogens with one attached hydrogen (secondary N) is 1. The zero-order valence-corrected chi connectivity index (χ0v) is 13.9. The second-order valence-corrected chi connectivity index (χ2v) is 6.39. The fourth-order valence-corrected chi connectivity index (χ4v) is 3.04. The first-order chi connectivity index (χ1) is 12.1. The van der Waals surface area contributed by atoms with E-state index in [-0.39, 0.29) is 11.7 Å². The molecule has 126 valence electrons. The average Bonchev–Trinajstić information content (AvgIpc) is 3.36. The monoisotopic (exact) mass is 333 g/mol. The van der Waals surface area contributed by atoms with Gasteiger partial charge in [0.1, 0.15) is 5.75 Å². The molecule has 0 bridgehead atoms. The lowest BCUT2D eigenvalue weighted by Crippen LogP contribution is -2.14. The van der Waals surface area contributed by atoms with Crippen LogP contribution in [-0.4, -0.2) is 20.8 Å². The third-order valence-electron chi connectivity index (χ3n) is 4.51. The highest BCUT2D eigenvalue weighted by atomic mass is 16.3. The molecule has 5 heteroatoms. The topological polar surface area (TPSA) is 67.2 Å². The van der Waals surface area contributed by atoms with E-state index in [0.717, 1.165) is 29.8 Å². The Morgan fingerprint density at radius 2 is 1.88 bits per heavy atom. The molecule has 25 heavy (non-hydrogen) atoms. The molecule has 0 aliphatic heterocycles. The fraction of sp³-hybridized carbons (Fsp3) is 0.200. The van der Waals surface area contributed by atoms with Crippen molar-refractivity contribution < 1.29 is 9.90 Å². The van der Waals surface area contributed by atoms with Gasteiger partial charge in [-0.25, -0.2) is 4.68 Å². The number of carbonyl (C=O) groups excluding carboxylic acids is 1. The molecule has 1 aliphatic rings. The Morgan fingerprint density at radius 3 is 2.60 bits per heavy atom. The normalized spacial score (nSPS) is 13.6. The van der Waals surface area contributed by atoms with Crippen LogP contribution in [0.15, 0.2) is 54.7 Å². The van der Waals surface area contributed by atoms with E-state index in [1.807, 2.05) is 35.9 Å². The third kappa shape index (κ3) is 2.89. The van der Waals surface area contributed by atoms with E-state index in [1.54, 1.807) is 30.5 Å². The number of nitrogens with zero attached hydrogens (tertiary/aromatic N) is 2. The molecule has 2 aromatic carbocycles. The predicted octanol–water partition coefficient (Wildman–Crippen LogP) is 4.02. The van der Waals surface area contributed by atoms with Gasteiger partial charge in [0.05, 0.1) is 28.8 Å². The number of aromatic nitrogens is 2. The number of aryl methyl sites for hydroxylation is 1. The number of aromatic hydroxyl groups is 1. The van der Waals surface area contributed by atoms with Crippen LogP contribution in [0, 0.1) is 6.92 Å². The van der Waals surface area contributed by atoms with E-state index in [0.29, 0.717) is 17.2 Å². The smallest absolute Gasteiger partial charge is 0.259 e. The second-order valence-electron chi connectivity index (χ2n) is 6.39. The SMILES string of the molecule is Cc1ccccc1-n1ncc(C(=O)Nc2ccccc2O)c1C1CC1. The maximum absolute atomic E-state index is 12.8. The molecular weight excluding hydrogens is 314 g/mol. The van der Waals surface area contributed by atoms with Crippen molar-refractivity contribution in [1.29, 1.82) is 0 Å². The van der Waals surface area contributed by atoms with Gasteiger partial charge < -0.3 is 10.4 Å². The Morgan fingerprint density at radius 1 is 1.16 bits per heavy atom. The van der Waals surface area contributed by atoms with E-state index in [1.165, 1.54) is 0 Å². The molecule has 3 aromatic rings. The van der Waals surface area contributed by atoms with Crippen molar-refractivity contribution in [2.24, 2.45) is 0 Å². The highest BCUT2D eigenvalue weighted by Gasteiger charge is 2.33. The van der Waals surface area contributed by atoms with Gasteiger partial charge in [0, 0.05) is 5.92 Å². The first-order valence-electron chi connectivity index (χ1n) is 8.38. The highest BCUT2D eigenvalue weighted by Crippen LogP contribution is 2.43. The lowest BCUT2D eigenvalue weighted by molar-refractivity contribution is 0.102. The van der Waals surface area contributed by atoms with Crippen molar-refractivity contribution in [3.63, 3.8) is 0 Å². The molecule has 0 unspecified atom stereocenters. The number of hydrogen-bond donors (Lipinski definition) is 2. The van der Waals surface area contributed by atoms with Crippen LogP contribution in [0.25, 0.3) is 5.69 Å². The van der Waals surface area contributed by atoms with Gasteiger partial charge >= 0.3 is 0 Å². The van der Waals surface area contributed by atoms with Gasteiger partial charge in [-0.05, 0) is 43.5 Å². The standard InChI is InChI=1S/C20H19N3O2/c1-13-6-2-4-8-17(13)23-19(14-10-11-14)15(12-21-23)20(25)22-16-7-3-5-9-18(16)24/h2-9,12,14,24H,10-11H2,1H3,(H,22,25). The molecule has 0 saturated heterocycles. The summed E-state index contributed by atoms with van der Waals surface area (Å²) in [6.07, 6.45) is 3.75. The molecule has 0 spiro atoms. The van der Waals surface area contributed by atoms with Gasteiger partial charge in [0.25, 0.3) is 5.91 Å². The summed E-state index contributed by atoms with van der Waals surface area (Å²) >= 11 is 0. The second kappa shape index (κ2) is 6.09. The average molecular weight is 333 g/mol. The number of anilines is 1. The summed E-state index contributed by atoms with van der Waals surface area (Å²) in [7, 11) is 0. The number of para-hydroxylation sites is 3. The number of phenolic OH excluding ortho intramolecular Hbond substituents is 1. The van der Waals surface area contributed by atoms with Crippen molar-refractivity contribution in [3.05, 3.63) is 71.5 Å². The molecule has 1 saturated carbocycles. The molecule has 4 rings (SSSR count). The molecule has 1 amide bonds. The maximum Gasteiger partial charge on any atom is 0.259 e. The molecule has 1 fully saturated rings. The van der Waals surface area contributed by atoms with Crippen LogP contribution in [0.5, 0.6) is 5.75 Å². The minimum absolute atomic E-state index is 0.0510. The Hall–Kier alpha value is -3.08. The quantitative estimate of drug-likeness (QED) is 0.709. The number of phenols is 1. The lowest BCUT2D eigenvalue weighted by Gasteiger charge is -2.12. The van der Waals surface area contributed by atoms with Crippen molar-refractivity contribution in [1.82, 2.24) is 9.78 Å². The molecule has 1 aromatic heterocycles. The highest BCUT2D eigenvalue weighted by molar-refractivity contribution is 6.05. The van der Waals surface area contributed by atoms with Crippen LogP contribution in [-0.2, 0) is 0 Å². The minimum atomic E-state index is -0.247. The van der Waals surface area contributed by atoms with Crippen LogP contribution in [0.1, 0.15) is 40.4 Å². The van der Waals surface area contributed by atoms with Crippen LogP contribution in [0.4, 0.5) is 5.69 Å². The number of benzene rings is 2. The summed E-state index contributed by atoms with van der Waals surface area (Å²) in [5.74, 6) is 0.158. The Bertz CT molecular complexity index is 942. The minimum Gasteiger partial charge on any atom is -0.506 e. The molecule has 2 N–H and O–H groups in total. The predicted molar refractivity (Wildman–Crippen MR) is 96.3 cm³/mol. The number of hydrogen-bond acceptors (Lipinski definition) is 3. The third-order valence-corrected chi connectivity index (χ3v) is 4.51. The van der Waals surface area contributed by atoms with Crippen molar-refractivity contribution in [2.45, 2.75) is 25.7 Å². The molecule has 5 nitrogen and oxygen atoms in total. The van der Waals surface area contributed by atoms with E-state index in [9.17, 15) is 9.90 Å². The number of rotatable bonds is 4. The first kappa shape index (κ1) is 15.4. The first-order valence-corrected chi connectivity index (χ1v) is 8.38. The number of amides is 1. The van der Waals surface area contributed by atoms with E-state index in [4.69, 9.17) is 0 Å². The van der Waals surface area contributed by atoms with Gasteiger partial charge in [-0.3, -0.25) is 4.79 Å². The van der Waals surface area contributed by atoms with Gasteiger partial charge in [0.15, 0.2) is 0 Å². The fourth-order valence-electron chi connectivity index (χ4n) is 3.04. The van der Waals surface area contributed by atoms with E-state index < -0.39 is 0 Å². The van der Waals surface area contributed by atoms with E-state index >= 15 is 0 Å². The molecule has 1 aliphatic carbocycles. The number of carbonyl (C=O) groups is 1. The molecular formula is C20H19N3O2. The summed E-state index contributed by atoms with van der Waals surface area (Å²) < 4.78 is 1.88. The summed E-state index contributed by atoms with van der Waals surface area (Å²) in [5, 5.41) is 17.2. The Balaban J connectivity index is 1.72. The van der Waals surface area contributed by atoms with Crippen LogP contribution in [0.3, 0.4) is 0 Å². The van der Waals surface area contributed by atoms with Crippen LogP contribution >= 0.6 is 0 Å². The maximum atomic E-state index is 12.8. The van der Waals surface area contributed by atoms with Gasteiger partial charge in [-0.1, -0.05) is 30.3 Å². The summed E-state index contributed by atoms with van der Waals surface area (Å²) in [5.41, 5.74) is 4.01. The van der Waals surface area contributed by atoms with Gasteiger partial charge in [-0.15, -0.1) is 0 Å². The van der Waals surface area contributed by atoms with Crippen LogP contribution in [0.2, 0.25) is 0 Å². The van der Waals surface area contributed by atoms with Crippen molar-refractivity contribution >= 4 is 11.6 Å². The van der Waals surface area contributed by atoms with E-state index in [2.05, 4.69) is 10.4 Å².